The Balaban J connectivity index is 2.02. The summed E-state index contributed by atoms with van der Waals surface area (Å²) in [6.45, 7) is 4.74. The summed E-state index contributed by atoms with van der Waals surface area (Å²) in [6.07, 6.45) is 0.475. The molecule has 0 saturated heterocycles. The van der Waals surface area contributed by atoms with E-state index in [0.29, 0.717) is 36.1 Å². The lowest BCUT2D eigenvalue weighted by molar-refractivity contribution is -0.121. The number of carbonyl (C=O) groups is 2. The van der Waals surface area contributed by atoms with Gasteiger partial charge in [0.05, 0.1) is 0 Å². The van der Waals surface area contributed by atoms with Gasteiger partial charge >= 0.3 is 6.03 Å². The molecule has 138 valence electrons. The number of amides is 3. The van der Waals surface area contributed by atoms with Gasteiger partial charge in [-0.1, -0.05) is 43.6 Å². The SMILES string of the molecule is CC(C)CC(=O)NCCN(C(=O)Nc1ccc(Cl)cc1)c1ccccc1. The van der Waals surface area contributed by atoms with Gasteiger partial charge in [0.1, 0.15) is 0 Å². The lowest BCUT2D eigenvalue weighted by atomic mass is 10.1. The first-order chi connectivity index (χ1) is 12.5. The molecule has 0 aliphatic heterocycles. The summed E-state index contributed by atoms with van der Waals surface area (Å²) in [6, 6.07) is 16.0. The topological polar surface area (TPSA) is 61.4 Å². The Kier molecular flexibility index (Phi) is 7.48. The van der Waals surface area contributed by atoms with Crippen molar-refractivity contribution in [3.63, 3.8) is 0 Å². The maximum atomic E-state index is 12.7. The van der Waals surface area contributed by atoms with E-state index in [-0.39, 0.29) is 11.9 Å². The van der Waals surface area contributed by atoms with E-state index in [0.717, 1.165) is 5.69 Å². The first-order valence-electron chi connectivity index (χ1n) is 8.61. The molecule has 0 aromatic heterocycles. The zero-order valence-electron chi connectivity index (χ0n) is 15.0. The number of carbonyl (C=O) groups excluding carboxylic acids is 2. The molecule has 0 aliphatic carbocycles. The highest BCUT2D eigenvalue weighted by atomic mass is 35.5. The van der Waals surface area contributed by atoms with E-state index in [4.69, 9.17) is 11.6 Å². The summed E-state index contributed by atoms with van der Waals surface area (Å²) in [7, 11) is 0. The van der Waals surface area contributed by atoms with Crippen molar-refractivity contribution in [1.82, 2.24) is 5.32 Å². The molecule has 2 aromatic rings. The molecule has 2 rings (SSSR count). The number of rotatable bonds is 7. The zero-order chi connectivity index (χ0) is 18.9. The summed E-state index contributed by atoms with van der Waals surface area (Å²) in [5, 5.41) is 6.32. The second kappa shape index (κ2) is 9.82. The Morgan fingerprint density at radius 3 is 2.31 bits per heavy atom. The Hall–Kier alpha value is -2.53. The number of benzene rings is 2. The minimum atomic E-state index is -0.267. The van der Waals surface area contributed by atoms with Crippen molar-refractivity contribution < 1.29 is 9.59 Å². The van der Waals surface area contributed by atoms with Crippen molar-refractivity contribution in [3.05, 3.63) is 59.6 Å². The van der Waals surface area contributed by atoms with Gasteiger partial charge in [0.25, 0.3) is 0 Å². The number of nitrogens with one attached hydrogen (secondary N) is 2. The predicted octanol–water partition coefficient (Wildman–Crippen LogP) is 4.54. The summed E-state index contributed by atoms with van der Waals surface area (Å²) < 4.78 is 0. The minimum absolute atomic E-state index is 0.00822. The third-order valence-corrected chi connectivity index (χ3v) is 3.91. The Morgan fingerprint density at radius 1 is 1.04 bits per heavy atom. The first kappa shape index (κ1) is 19.8. The van der Waals surface area contributed by atoms with E-state index in [1.165, 1.54) is 0 Å². The largest absolute Gasteiger partial charge is 0.354 e. The zero-order valence-corrected chi connectivity index (χ0v) is 15.8. The molecule has 3 amide bonds. The van der Waals surface area contributed by atoms with Gasteiger partial charge in [0.15, 0.2) is 0 Å². The fraction of sp³-hybridized carbons (Fsp3) is 0.300. The Bertz CT molecular complexity index is 718. The summed E-state index contributed by atoms with van der Waals surface area (Å²) in [5.74, 6) is 0.291. The van der Waals surface area contributed by atoms with Crippen molar-refractivity contribution >= 4 is 34.9 Å². The molecule has 0 heterocycles. The van der Waals surface area contributed by atoms with Gasteiger partial charge in [-0.2, -0.15) is 0 Å². The van der Waals surface area contributed by atoms with Crippen LogP contribution in [-0.4, -0.2) is 25.0 Å². The number of urea groups is 1. The van der Waals surface area contributed by atoms with Crippen molar-refractivity contribution in [2.75, 3.05) is 23.3 Å². The van der Waals surface area contributed by atoms with Gasteiger partial charge in [0, 0.05) is 35.9 Å². The van der Waals surface area contributed by atoms with Crippen molar-refractivity contribution in [2.24, 2.45) is 5.92 Å². The number of halogens is 1. The Labute approximate surface area is 159 Å². The molecule has 5 nitrogen and oxygen atoms in total. The lowest BCUT2D eigenvalue weighted by Crippen LogP contribution is -2.41. The van der Waals surface area contributed by atoms with Crippen LogP contribution in [0.25, 0.3) is 0 Å². The van der Waals surface area contributed by atoms with Gasteiger partial charge in [0.2, 0.25) is 5.91 Å². The van der Waals surface area contributed by atoms with Crippen LogP contribution in [0.2, 0.25) is 5.02 Å². The molecular formula is C20H24ClN3O2. The van der Waals surface area contributed by atoms with Crippen LogP contribution in [0.4, 0.5) is 16.2 Å². The summed E-state index contributed by atoms with van der Waals surface area (Å²) in [4.78, 5) is 26.1. The van der Waals surface area contributed by atoms with Crippen LogP contribution in [0, 0.1) is 5.92 Å². The predicted molar refractivity (Wildman–Crippen MR) is 107 cm³/mol. The standard InChI is InChI=1S/C20H24ClN3O2/c1-15(2)14-19(25)22-12-13-24(18-6-4-3-5-7-18)20(26)23-17-10-8-16(21)9-11-17/h3-11,15H,12-14H2,1-2H3,(H,22,25)(H,23,26). The van der Waals surface area contributed by atoms with Gasteiger partial charge in [-0.25, -0.2) is 4.79 Å². The number of para-hydroxylation sites is 1. The van der Waals surface area contributed by atoms with E-state index < -0.39 is 0 Å². The van der Waals surface area contributed by atoms with Crippen LogP contribution < -0.4 is 15.5 Å². The van der Waals surface area contributed by atoms with E-state index in [1.54, 1.807) is 29.2 Å². The smallest absolute Gasteiger partial charge is 0.326 e. The molecule has 2 aromatic carbocycles. The highest BCUT2D eigenvalue weighted by Crippen LogP contribution is 2.17. The number of anilines is 2. The summed E-state index contributed by atoms with van der Waals surface area (Å²) >= 11 is 5.88. The average molecular weight is 374 g/mol. The molecule has 2 N–H and O–H groups in total. The van der Waals surface area contributed by atoms with Crippen LogP contribution in [0.5, 0.6) is 0 Å². The molecule has 0 aliphatic rings. The van der Waals surface area contributed by atoms with Crippen LogP contribution in [-0.2, 0) is 4.79 Å². The van der Waals surface area contributed by atoms with E-state index >= 15 is 0 Å². The van der Waals surface area contributed by atoms with Crippen molar-refractivity contribution in [2.45, 2.75) is 20.3 Å². The Morgan fingerprint density at radius 2 is 1.69 bits per heavy atom. The quantitative estimate of drug-likeness (QED) is 0.748. The average Bonchev–Trinajstić information content (AvgIpc) is 2.61. The molecule has 6 heteroatoms. The highest BCUT2D eigenvalue weighted by Gasteiger charge is 2.16. The molecular weight excluding hydrogens is 350 g/mol. The number of hydrogen-bond donors (Lipinski definition) is 2. The van der Waals surface area contributed by atoms with Crippen molar-refractivity contribution in [1.29, 1.82) is 0 Å². The molecule has 0 radical (unpaired) electrons. The van der Waals surface area contributed by atoms with Gasteiger partial charge < -0.3 is 10.6 Å². The van der Waals surface area contributed by atoms with E-state index in [2.05, 4.69) is 10.6 Å². The lowest BCUT2D eigenvalue weighted by Gasteiger charge is -2.23. The maximum Gasteiger partial charge on any atom is 0.326 e. The molecule has 0 fully saturated rings. The fourth-order valence-electron chi connectivity index (χ4n) is 2.43. The van der Waals surface area contributed by atoms with Crippen LogP contribution >= 0.6 is 11.6 Å². The van der Waals surface area contributed by atoms with Crippen LogP contribution in [0.1, 0.15) is 20.3 Å². The van der Waals surface area contributed by atoms with Gasteiger partial charge in [-0.05, 0) is 42.3 Å². The monoisotopic (exact) mass is 373 g/mol. The van der Waals surface area contributed by atoms with Crippen LogP contribution in [0.3, 0.4) is 0 Å². The minimum Gasteiger partial charge on any atom is -0.354 e. The molecule has 26 heavy (non-hydrogen) atoms. The molecule has 0 atom stereocenters. The maximum absolute atomic E-state index is 12.7. The van der Waals surface area contributed by atoms with Crippen LogP contribution in [0.15, 0.2) is 54.6 Å². The molecule has 0 bridgehead atoms. The third-order valence-electron chi connectivity index (χ3n) is 3.66. The number of nitrogens with zero attached hydrogens (tertiary/aromatic N) is 1. The highest BCUT2D eigenvalue weighted by molar-refractivity contribution is 6.30. The molecule has 0 saturated carbocycles. The van der Waals surface area contributed by atoms with Crippen molar-refractivity contribution in [3.8, 4) is 0 Å². The second-order valence-corrected chi connectivity index (χ2v) is 6.81. The number of hydrogen-bond acceptors (Lipinski definition) is 2. The van der Waals surface area contributed by atoms with Gasteiger partial charge in [-0.15, -0.1) is 0 Å². The normalized spacial score (nSPS) is 10.5. The second-order valence-electron chi connectivity index (χ2n) is 6.37. The molecule has 0 unspecified atom stereocenters. The van der Waals surface area contributed by atoms with E-state index in [1.807, 2.05) is 44.2 Å². The van der Waals surface area contributed by atoms with Gasteiger partial charge in [-0.3, -0.25) is 9.69 Å². The van der Waals surface area contributed by atoms with E-state index in [9.17, 15) is 9.59 Å². The molecule has 0 spiro atoms. The summed E-state index contributed by atoms with van der Waals surface area (Å²) in [5.41, 5.74) is 1.42. The third kappa shape index (κ3) is 6.41. The first-order valence-corrected chi connectivity index (χ1v) is 8.99. The fourth-order valence-corrected chi connectivity index (χ4v) is 2.56.